The van der Waals surface area contributed by atoms with E-state index in [-0.39, 0.29) is 11.3 Å². The monoisotopic (exact) mass is 485 g/mol. The number of nitrogens with zero attached hydrogens (tertiary/aromatic N) is 1. The molecular weight excluding hydrogens is 454 g/mol. The lowest BCUT2D eigenvalue weighted by Crippen LogP contribution is -2.30. The molecule has 0 radical (unpaired) electrons. The Balaban J connectivity index is 2.01. The van der Waals surface area contributed by atoms with E-state index in [9.17, 15) is 14.7 Å². The molecule has 1 atom stereocenters. The number of ketones is 1. The number of benzene rings is 3. The zero-order chi connectivity index (χ0) is 26.1. The van der Waals surface area contributed by atoms with Gasteiger partial charge in [0.05, 0.1) is 25.3 Å². The molecule has 4 rings (SSSR count). The van der Waals surface area contributed by atoms with Gasteiger partial charge in [0.25, 0.3) is 11.7 Å². The summed E-state index contributed by atoms with van der Waals surface area (Å²) in [6, 6.07) is 15.7. The number of aliphatic hydroxyl groups excluding tert-OH is 1. The summed E-state index contributed by atoms with van der Waals surface area (Å²) in [5, 5.41) is 11.4. The molecule has 186 valence electrons. The Morgan fingerprint density at radius 3 is 2.28 bits per heavy atom. The molecule has 1 amide bonds. The molecule has 3 aromatic rings. The Bertz CT molecular complexity index is 1390. The van der Waals surface area contributed by atoms with Crippen molar-refractivity contribution >= 4 is 23.1 Å². The summed E-state index contributed by atoms with van der Waals surface area (Å²) >= 11 is 0. The third kappa shape index (κ3) is 4.35. The second kappa shape index (κ2) is 9.90. The maximum atomic E-state index is 13.5. The van der Waals surface area contributed by atoms with Crippen molar-refractivity contribution in [2.24, 2.45) is 0 Å². The van der Waals surface area contributed by atoms with Gasteiger partial charge in [0, 0.05) is 11.3 Å². The van der Waals surface area contributed by atoms with Crippen molar-refractivity contribution in [1.29, 1.82) is 0 Å². The number of hydrogen-bond acceptors (Lipinski definition) is 5. The number of hydrogen-bond donors (Lipinski definition) is 1. The third-order valence-corrected chi connectivity index (χ3v) is 6.65. The zero-order valence-corrected chi connectivity index (χ0v) is 21.5. The molecule has 1 aliphatic rings. The highest BCUT2D eigenvalue weighted by Crippen LogP contribution is 2.45. The van der Waals surface area contributed by atoms with Gasteiger partial charge >= 0.3 is 0 Å². The second-order valence-corrected chi connectivity index (χ2v) is 9.10. The summed E-state index contributed by atoms with van der Waals surface area (Å²) in [7, 11) is 1.56. The number of methoxy groups -OCH3 is 1. The maximum Gasteiger partial charge on any atom is 0.300 e. The van der Waals surface area contributed by atoms with E-state index in [1.807, 2.05) is 65.0 Å². The highest BCUT2D eigenvalue weighted by Gasteiger charge is 2.47. The first-order valence-corrected chi connectivity index (χ1v) is 11.9. The largest absolute Gasteiger partial charge is 0.507 e. The molecular formula is C30H31NO5. The van der Waals surface area contributed by atoms with E-state index < -0.39 is 17.7 Å². The predicted molar refractivity (Wildman–Crippen MR) is 141 cm³/mol. The fraction of sp³-hybridized carbons (Fsp3) is 0.267. The van der Waals surface area contributed by atoms with Gasteiger partial charge in [-0.05, 0) is 86.7 Å². The molecule has 1 N–H and O–H groups in total. The minimum Gasteiger partial charge on any atom is -0.507 e. The molecule has 1 saturated heterocycles. The lowest BCUT2D eigenvalue weighted by Gasteiger charge is -2.27. The maximum absolute atomic E-state index is 13.5. The standard InChI is InChI=1S/C30H31NO5/c1-7-36-25-16-21(12-13-24(25)35-6)27-26(28(32)22-11-10-18(3)20(5)15-22)29(33)30(34)31(27)23-14-17(2)8-9-19(23)4/h8-16,27,32H,7H2,1-6H3/b28-26-. The summed E-state index contributed by atoms with van der Waals surface area (Å²) < 4.78 is 11.2. The van der Waals surface area contributed by atoms with Crippen LogP contribution in [0.15, 0.2) is 60.2 Å². The van der Waals surface area contributed by atoms with Crippen molar-refractivity contribution in [2.75, 3.05) is 18.6 Å². The second-order valence-electron chi connectivity index (χ2n) is 9.10. The van der Waals surface area contributed by atoms with Crippen molar-refractivity contribution < 1.29 is 24.2 Å². The number of rotatable bonds is 6. The lowest BCUT2D eigenvalue weighted by molar-refractivity contribution is -0.132. The average molecular weight is 486 g/mol. The van der Waals surface area contributed by atoms with Crippen molar-refractivity contribution in [2.45, 2.75) is 40.7 Å². The summed E-state index contributed by atoms with van der Waals surface area (Å²) in [4.78, 5) is 28.5. The van der Waals surface area contributed by atoms with E-state index in [4.69, 9.17) is 9.47 Å². The van der Waals surface area contributed by atoms with Gasteiger partial charge in [-0.2, -0.15) is 0 Å². The van der Waals surface area contributed by atoms with Crippen molar-refractivity contribution in [3.63, 3.8) is 0 Å². The Kier molecular flexibility index (Phi) is 6.88. The fourth-order valence-electron chi connectivity index (χ4n) is 4.55. The Morgan fingerprint density at radius 2 is 1.61 bits per heavy atom. The number of anilines is 1. The van der Waals surface area contributed by atoms with Crippen LogP contribution in [0.2, 0.25) is 0 Å². The lowest BCUT2D eigenvalue weighted by atomic mass is 9.93. The van der Waals surface area contributed by atoms with Gasteiger partial charge in [0.1, 0.15) is 5.76 Å². The van der Waals surface area contributed by atoms with Crippen LogP contribution in [-0.4, -0.2) is 30.5 Å². The first kappa shape index (κ1) is 25.0. The molecule has 6 heteroatoms. The van der Waals surface area contributed by atoms with Crippen LogP contribution in [0.1, 0.15) is 46.3 Å². The van der Waals surface area contributed by atoms with Crippen molar-refractivity contribution in [1.82, 2.24) is 0 Å². The predicted octanol–water partition coefficient (Wildman–Crippen LogP) is 5.95. The van der Waals surface area contributed by atoms with Crippen LogP contribution in [0.3, 0.4) is 0 Å². The SMILES string of the molecule is CCOc1cc(C2/C(=C(/O)c3ccc(C)c(C)c3)C(=O)C(=O)N2c2cc(C)ccc2C)ccc1OC. The fourth-order valence-corrected chi connectivity index (χ4v) is 4.55. The van der Waals surface area contributed by atoms with E-state index >= 15 is 0 Å². The number of ether oxygens (including phenoxy) is 2. The molecule has 3 aromatic carbocycles. The number of carbonyl (C=O) groups excluding carboxylic acids is 2. The molecule has 1 fully saturated rings. The van der Waals surface area contributed by atoms with Crippen LogP contribution in [0.5, 0.6) is 11.5 Å². The summed E-state index contributed by atoms with van der Waals surface area (Å²) in [6.07, 6.45) is 0. The van der Waals surface area contributed by atoms with E-state index in [0.717, 1.165) is 22.3 Å². The van der Waals surface area contributed by atoms with Crippen LogP contribution < -0.4 is 14.4 Å². The van der Waals surface area contributed by atoms with Gasteiger partial charge in [-0.15, -0.1) is 0 Å². The van der Waals surface area contributed by atoms with E-state index in [2.05, 4.69) is 0 Å². The molecule has 1 heterocycles. The number of carbonyl (C=O) groups is 2. The zero-order valence-electron chi connectivity index (χ0n) is 21.5. The first-order chi connectivity index (χ1) is 17.2. The van der Waals surface area contributed by atoms with Crippen LogP contribution in [0.4, 0.5) is 5.69 Å². The van der Waals surface area contributed by atoms with Gasteiger partial charge in [-0.1, -0.05) is 30.3 Å². The molecule has 36 heavy (non-hydrogen) atoms. The Labute approximate surface area is 211 Å². The molecule has 0 saturated carbocycles. The minimum atomic E-state index is -0.850. The first-order valence-electron chi connectivity index (χ1n) is 11.9. The van der Waals surface area contributed by atoms with E-state index in [1.165, 1.54) is 4.90 Å². The highest BCUT2D eigenvalue weighted by atomic mass is 16.5. The minimum absolute atomic E-state index is 0.0387. The van der Waals surface area contributed by atoms with Crippen LogP contribution >= 0.6 is 0 Å². The van der Waals surface area contributed by atoms with Gasteiger partial charge in [-0.3, -0.25) is 14.5 Å². The number of amides is 1. The Morgan fingerprint density at radius 1 is 0.889 bits per heavy atom. The summed E-state index contributed by atoms with van der Waals surface area (Å²) in [6.45, 7) is 10.0. The molecule has 0 aliphatic carbocycles. The van der Waals surface area contributed by atoms with Crippen molar-refractivity contribution in [3.8, 4) is 11.5 Å². The average Bonchev–Trinajstić information content (AvgIpc) is 3.12. The molecule has 0 spiro atoms. The van der Waals surface area contributed by atoms with Gasteiger partial charge in [0.2, 0.25) is 0 Å². The molecule has 0 aromatic heterocycles. The van der Waals surface area contributed by atoms with Gasteiger partial charge in [-0.25, -0.2) is 0 Å². The summed E-state index contributed by atoms with van der Waals surface area (Å²) in [5.74, 6) is -0.588. The smallest absolute Gasteiger partial charge is 0.300 e. The quantitative estimate of drug-likeness (QED) is 0.265. The van der Waals surface area contributed by atoms with E-state index in [1.54, 1.807) is 31.4 Å². The van der Waals surface area contributed by atoms with Crippen LogP contribution in [0, 0.1) is 27.7 Å². The normalized spacial score (nSPS) is 16.9. The molecule has 1 unspecified atom stereocenters. The number of aryl methyl sites for hydroxylation is 4. The third-order valence-electron chi connectivity index (χ3n) is 6.65. The van der Waals surface area contributed by atoms with Crippen molar-refractivity contribution in [3.05, 3.63) is 93.6 Å². The van der Waals surface area contributed by atoms with Gasteiger partial charge < -0.3 is 14.6 Å². The Hall–Kier alpha value is -4.06. The highest BCUT2D eigenvalue weighted by molar-refractivity contribution is 6.51. The molecule has 6 nitrogen and oxygen atoms in total. The van der Waals surface area contributed by atoms with Crippen LogP contribution in [-0.2, 0) is 9.59 Å². The molecule has 0 bridgehead atoms. The summed E-state index contributed by atoms with van der Waals surface area (Å²) in [5.41, 5.74) is 5.61. The number of aliphatic hydroxyl groups is 1. The van der Waals surface area contributed by atoms with Crippen LogP contribution in [0.25, 0.3) is 5.76 Å². The van der Waals surface area contributed by atoms with Gasteiger partial charge in [0.15, 0.2) is 11.5 Å². The van der Waals surface area contributed by atoms with E-state index in [0.29, 0.717) is 34.9 Å². The topological polar surface area (TPSA) is 76.1 Å². The number of Topliss-reactive ketones (excluding diaryl/α,β-unsaturated/α-hetero) is 1. The molecule has 1 aliphatic heterocycles.